The molecule has 0 bridgehead atoms. The Morgan fingerprint density at radius 1 is 0.324 bits per heavy atom. The highest BCUT2D eigenvalue weighted by atomic mass is 16.3. The summed E-state index contributed by atoms with van der Waals surface area (Å²) in [6, 6.07) is 87.9. The van der Waals surface area contributed by atoms with Crippen molar-refractivity contribution in [3.63, 3.8) is 0 Å². The van der Waals surface area contributed by atoms with Gasteiger partial charge in [-0.05, 0) is 108 Å². The molecule has 2 aromatic heterocycles. The van der Waals surface area contributed by atoms with E-state index in [4.69, 9.17) is 14.4 Å². The van der Waals surface area contributed by atoms with Crippen molar-refractivity contribution in [3.8, 4) is 78.4 Å². The summed E-state index contributed by atoms with van der Waals surface area (Å²) in [7, 11) is 0. The predicted molar refractivity (Wildman–Crippen MR) is 291 cm³/mol. The van der Waals surface area contributed by atoms with E-state index in [0.29, 0.717) is 5.82 Å². The van der Waals surface area contributed by atoms with Crippen LogP contribution in [0.5, 0.6) is 0 Å². The molecule has 71 heavy (non-hydrogen) atoms. The number of fused-ring (bicyclic) bond motifs is 9. The summed E-state index contributed by atoms with van der Waals surface area (Å²) in [4.78, 5) is 10.9. The molecule has 0 aliphatic heterocycles. The molecule has 3 heteroatoms. The first-order valence-electron chi connectivity index (χ1n) is 24.5. The van der Waals surface area contributed by atoms with Gasteiger partial charge in [-0.1, -0.05) is 226 Å². The fraction of sp³-hybridized carbons (Fsp3) is 0.0588. The zero-order chi connectivity index (χ0) is 47.3. The molecule has 0 unspecified atom stereocenters. The Hall–Kier alpha value is -8.92. The minimum atomic E-state index is -0.534. The summed E-state index contributed by atoms with van der Waals surface area (Å²) in [6.07, 6.45) is 0. The van der Waals surface area contributed by atoms with Gasteiger partial charge in [-0.3, -0.25) is 0 Å². The first kappa shape index (κ1) is 41.1. The molecule has 2 aliphatic rings. The van der Waals surface area contributed by atoms with Crippen molar-refractivity contribution in [2.45, 2.75) is 24.7 Å². The maximum atomic E-state index is 6.17. The Balaban J connectivity index is 0.916. The van der Waals surface area contributed by atoms with E-state index in [-0.39, 0.29) is 5.41 Å². The Morgan fingerprint density at radius 3 is 1.59 bits per heavy atom. The molecule has 12 aromatic rings. The van der Waals surface area contributed by atoms with E-state index >= 15 is 0 Å². The smallest absolute Gasteiger partial charge is 0.160 e. The highest BCUT2D eigenvalue weighted by Crippen LogP contribution is 2.57. The number of hydrogen-bond donors (Lipinski definition) is 0. The summed E-state index contributed by atoms with van der Waals surface area (Å²) in [5.74, 6) is 0.678. The summed E-state index contributed by atoms with van der Waals surface area (Å²) < 4.78 is 6.17. The fourth-order valence-corrected chi connectivity index (χ4v) is 12.1. The number of nitrogens with zero attached hydrogens (tertiary/aromatic N) is 2. The Labute approximate surface area is 413 Å². The van der Waals surface area contributed by atoms with E-state index in [9.17, 15) is 0 Å². The Bertz CT molecular complexity index is 4010. The average Bonchev–Trinajstić information content (AvgIpc) is 4.04. The van der Waals surface area contributed by atoms with Gasteiger partial charge in [0.05, 0.1) is 16.8 Å². The van der Waals surface area contributed by atoms with Crippen LogP contribution in [0, 0.1) is 0 Å². The molecule has 0 fully saturated rings. The SMILES string of the molecule is CC1(C)c2ccccc2-c2cccc(-c3ccc(-c4nc(-c5ccc(-c6ccc7oc8ccccc8c7c6)cc5)cc(-c5ccc6c(c5)C(c5ccccc5)(c5ccccc5)c5ccccc5-6)n4)cc3)c21. The van der Waals surface area contributed by atoms with E-state index in [2.05, 4.69) is 244 Å². The lowest BCUT2D eigenvalue weighted by atomic mass is 9.67. The average molecular weight is 907 g/mol. The molecule has 0 saturated carbocycles. The molecule has 2 heterocycles. The Morgan fingerprint density at radius 2 is 0.845 bits per heavy atom. The van der Waals surface area contributed by atoms with Crippen molar-refractivity contribution in [2.24, 2.45) is 0 Å². The molecule has 0 atom stereocenters. The second-order valence-electron chi connectivity index (χ2n) is 19.6. The normalized spacial score (nSPS) is 13.7. The first-order chi connectivity index (χ1) is 34.9. The van der Waals surface area contributed by atoms with Gasteiger partial charge in [0, 0.05) is 32.9 Å². The van der Waals surface area contributed by atoms with Crippen LogP contribution in [0.4, 0.5) is 0 Å². The minimum Gasteiger partial charge on any atom is -0.456 e. The van der Waals surface area contributed by atoms with Crippen LogP contribution in [0.15, 0.2) is 247 Å². The summed E-state index contributed by atoms with van der Waals surface area (Å²) in [5.41, 5.74) is 23.4. The second-order valence-corrected chi connectivity index (χ2v) is 19.6. The molecule has 14 rings (SSSR count). The van der Waals surface area contributed by atoms with Crippen molar-refractivity contribution in [2.75, 3.05) is 0 Å². The van der Waals surface area contributed by atoms with Gasteiger partial charge in [0.1, 0.15) is 11.2 Å². The summed E-state index contributed by atoms with van der Waals surface area (Å²) in [6.45, 7) is 4.70. The maximum absolute atomic E-state index is 6.17. The minimum absolute atomic E-state index is 0.126. The second kappa shape index (κ2) is 15.8. The monoisotopic (exact) mass is 906 g/mol. The Kier molecular flexibility index (Phi) is 9.15. The third-order valence-electron chi connectivity index (χ3n) is 15.4. The van der Waals surface area contributed by atoms with Gasteiger partial charge in [-0.15, -0.1) is 0 Å². The lowest BCUT2D eigenvalue weighted by molar-refractivity contribution is 0.662. The first-order valence-corrected chi connectivity index (χ1v) is 24.5. The van der Waals surface area contributed by atoms with Crippen LogP contribution < -0.4 is 0 Å². The lowest BCUT2D eigenvalue weighted by Crippen LogP contribution is -2.28. The lowest BCUT2D eigenvalue weighted by Gasteiger charge is -2.34. The van der Waals surface area contributed by atoms with Crippen LogP contribution >= 0.6 is 0 Å². The maximum Gasteiger partial charge on any atom is 0.160 e. The highest BCUT2D eigenvalue weighted by molar-refractivity contribution is 6.06. The van der Waals surface area contributed by atoms with Crippen LogP contribution in [0.3, 0.4) is 0 Å². The molecule has 0 amide bonds. The molecule has 10 aromatic carbocycles. The van der Waals surface area contributed by atoms with Gasteiger partial charge in [0.25, 0.3) is 0 Å². The number of hydrogen-bond acceptors (Lipinski definition) is 3. The summed E-state index contributed by atoms with van der Waals surface area (Å²) >= 11 is 0. The third-order valence-corrected chi connectivity index (χ3v) is 15.4. The van der Waals surface area contributed by atoms with Gasteiger partial charge in [-0.2, -0.15) is 0 Å². The molecule has 3 nitrogen and oxygen atoms in total. The molecule has 0 saturated heterocycles. The van der Waals surface area contributed by atoms with Gasteiger partial charge in [0.15, 0.2) is 5.82 Å². The van der Waals surface area contributed by atoms with E-state index < -0.39 is 5.41 Å². The molecular formula is C68H46N2O. The van der Waals surface area contributed by atoms with Gasteiger partial charge in [0.2, 0.25) is 0 Å². The molecule has 334 valence electrons. The van der Waals surface area contributed by atoms with E-state index in [1.165, 1.54) is 66.8 Å². The molecule has 0 N–H and O–H groups in total. The number of benzene rings is 10. The highest BCUT2D eigenvalue weighted by Gasteiger charge is 2.46. The molecule has 0 radical (unpaired) electrons. The van der Waals surface area contributed by atoms with Crippen LogP contribution in [0.25, 0.3) is 100 Å². The number of aromatic nitrogens is 2. The van der Waals surface area contributed by atoms with Crippen molar-refractivity contribution < 1.29 is 4.42 Å². The molecular weight excluding hydrogens is 861 g/mol. The third kappa shape index (κ3) is 6.29. The number of rotatable bonds is 7. The van der Waals surface area contributed by atoms with Crippen molar-refractivity contribution in [1.29, 1.82) is 0 Å². The van der Waals surface area contributed by atoms with Crippen LogP contribution in [-0.2, 0) is 10.8 Å². The van der Waals surface area contributed by atoms with Gasteiger partial charge >= 0.3 is 0 Å². The number of para-hydroxylation sites is 1. The van der Waals surface area contributed by atoms with Crippen LogP contribution in [0.1, 0.15) is 47.2 Å². The van der Waals surface area contributed by atoms with Gasteiger partial charge < -0.3 is 4.42 Å². The topological polar surface area (TPSA) is 38.9 Å². The largest absolute Gasteiger partial charge is 0.456 e. The zero-order valence-corrected chi connectivity index (χ0v) is 39.4. The van der Waals surface area contributed by atoms with E-state index in [0.717, 1.165) is 61.1 Å². The molecule has 2 aliphatic carbocycles. The van der Waals surface area contributed by atoms with E-state index in [1.807, 2.05) is 12.1 Å². The van der Waals surface area contributed by atoms with Crippen LogP contribution in [0.2, 0.25) is 0 Å². The fourth-order valence-electron chi connectivity index (χ4n) is 12.1. The van der Waals surface area contributed by atoms with Crippen molar-refractivity contribution in [3.05, 3.63) is 276 Å². The van der Waals surface area contributed by atoms with Crippen molar-refractivity contribution in [1.82, 2.24) is 9.97 Å². The molecule has 0 spiro atoms. The number of furan rings is 1. The van der Waals surface area contributed by atoms with E-state index in [1.54, 1.807) is 0 Å². The predicted octanol–water partition coefficient (Wildman–Crippen LogP) is 17.4. The quantitative estimate of drug-likeness (QED) is 0.160. The van der Waals surface area contributed by atoms with Crippen molar-refractivity contribution >= 4 is 21.9 Å². The van der Waals surface area contributed by atoms with Crippen LogP contribution in [-0.4, -0.2) is 9.97 Å². The standard InChI is InChI=1S/C68H46N2O/c1-67(2)58-25-12-9-21-53(58)56-24-15-23-51(65(56)67)44-30-34-46(35-31-44)66-69-61(45-32-28-43(29-33-45)47-37-39-64-57(40-47)55-22-11-14-27-63(55)71-64)42-62(70-66)48-36-38-54-52-20-10-13-26-59(52)68(60(54)41-48,49-16-5-3-6-17-49)50-18-7-4-8-19-50/h3-42H,1-2H3. The van der Waals surface area contributed by atoms with Gasteiger partial charge in [-0.25, -0.2) is 9.97 Å². The summed E-state index contributed by atoms with van der Waals surface area (Å²) in [5, 5.41) is 2.24. The zero-order valence-electron chi connectivity index (χ0n) is 39.4.